The summed E-state index contributed by atoms with van der Waals surface area (Å²) in [6, 6.07) is 12.3. The van der Waals surface area contributed by atoms with Gasteiger partial charge in [-0.05, 0) is 106 Å². The molecule has 0 aromatic heterocycles. The number of carbonyl (C=O) groups excluding carboxylic acids is 2. The Bertz CT molecular complexity index is 1190. The molecule has 35 heavy (non-hydrogen) atoms. The van der Waals surface area contributed by atoms with E-state index in [1.54, 1.807) is 24.3 Å². The molecule has 186 valence electrons. The van der Waals surface area contributed by atoms with Gasteiger partial charge < -0.3 is 4.74 Å². The first-order chi connectivity index (χ1) is 16.8. The van der Waals surface area contributed by atoms with E-state index in [0.29, 0.717) is 35.8 Å². The van der Waals surface area contributed by atoms with Crippen LogP contribution in [0.25, 0.3) is 0 Å². The molecule has 3 N–H and O–H groups in total. The summed E-state index contributed by atoms with van der Waals surface area (Å²) in [4.78, 5) is 25.8. The number of amides is 2. The van der Waals surface area contributed by atoms with Crippen molar-refractivity contribution in [3.05, 3.63) is 54.1 Å². The van der Waals surface area contributed by atoms with E-state index < -0.39 is 15.9 Å². The molecule has 0 saturated heterocycles. The fraction of sp³-hybridized carbons (Fsp3) is 0.462. The summed E-state index contributed by atoms with van der Waals surface area (Å²) >= 11 is 0. The summed E-state index contributed by atoms with van der Waals surface area (Å²) in [5, 5.41) is 0. The highest BCUT2D eigenvalue weighted by Gasteiger charge is 2.54. The average Bonchev–Trinajstić information content (AvgIpc) is 2.83. The molecule has 0 spiro atoms. The van der Waals surface area contributed by atoms with Gasteiger partial charge in [-0.25, -0.2) is 8.42 Å². The molecule has 6 rings (SSSR count). The molecule has 0 unspecified atom stereocenters. The van der Waals surface area contributed by atoms with Crippen LogP contribution in [-0.4, -0.2) is 26.8 Å². The van der Waals surface area contributed by atoms with Crippen molar-refractivity contribution in [3.63, 3.8) is 0 Å². The first kappa shape index (κ1) is 23.7. The maximum absolute atomic E-state index is 13.1. The van der Waals surface area contributed by atoms with Gasteiger partial charge in [-0.15, -0.1) is 0 Å². The zero-order chi connectivity index (χ0) is 24.6. The van der Waals surface area contributed by atoms with Crippen molar-refractivity contribution >= 4 is 27.5 Å². The molecule has 0 atom stereocenters. The van der Waals surface area contributed by atoms with E-state index in [4.69, 9.17) is 4.74 Å². The normalized spacial score (nSPS) is 26.7. The van der Waals surface area contributed by atoms with Crippen molar-refractivity contribution in [3.8, 4) is 5.75 Å². The van der Waals surface area contributed by atoms with E-state index in [9.17, 15) is 18.0 Å². The van der Waals surface area contributed by atoms with Crippen molar-refractivity contribution in [2.45, 2.75) is 50.3 Å². The molecular formula is C26H31N3O5S. The lowest BCUT2D eigenvalue weighted by atomic mass is 9.49. The third-order valence-corrected chi connectivity index (χ3v) is 9.01. The van der Waals surface area contributed by atoms with Gasteiger partial charge in [-0.3, -0.25) is 25.2 Å². The van der Waals surface area contributed by atoms with E-state index in [1.807, 2.05) is 6.92 Å². The molecule has 0 heterocycles. The van der Waals surface area contributed by atoms with Gasteiger partial charge in [0.1, 0.15) is 5.75 Å². The number of hydrogen-bond acceptors (Lipinski definition) is 5. The predicted molar refractivity (Wildman–Crippen MR) is 131 cm³/mol. The molecule has 0 radical (unpaired) electrons. The van der Waals surface area contributed by atoms with Gasteiger partial charge in [0.25, 0.3) is 15.9 Å². The lowest BCUT2D eigenvalue weighted by molar-refractivity contribution is -0.147. The minimum Gasteiger partial charge on any atom is -0.494 e. The number of nitrogens with one attached hydrogen (secondary N) is 3. The van der Waals surface area contributed by atoms with Gasteiger partial charge in [0.2, 0.25) is 5.91 Å². The summed E-state index contributed by atoms with van der Waals surface area (Å²) in [6.07, 6.45) is 6.36. The number of anilines is 1. The second-order valence-electron chi connectivity index (χ2n) is 10.2. The highest BCUT2D eigenvalue weighted by atomic mass is 32.2. The van der Waals surface area contributed by atoms with Crippen LogP contribution >= 0.6 is 0 Å². The Kier molecular flexibility index (Phi) is 6.21. The topological polar surface area (TPSA) is 114 Å². The maximum Gasteiger partial charge on any atom is 0.269 e. The summed E-state index contributed by atoms with van der Waals surface area (Å²) in [7, 11) is -3.91. The predicted octanol–water partition coefficient (Wildman–Crippen LogP) is 3.86. The molecule has 4 bridgehead atoms. The zero-order valence-corrected chi connectivity index (χ0v) is 20.6. The van der Waals surface area contributed by atoms with Crippen LogP contribution in [0.2, 0.25) is 0 Å². The highest BCUT2D eigenvalue weighted by molar-refractivity contribution is 7.92. The van der Waals surface area contributed by atoms with E-state index in [-0.39, 0.29) is 21.8 Å². The Hall–Kier alpha value is -3.07. The van der Waals surface area contributed by atoms with Crippen LogP contribution in [0, 0.1) is 23.2 Å². The monoisotopic (exact) mass is 497 g/mol. The summed E-state index contributed by atoms with van der Waals surface area (Å²) < 4.78 is 33.6. The third-order valence-electron chi connectivity index (χ3n) is 7.63. The average molecular weight is 498 g/mol. The molecule has 2 aromatic carbocycles. The fourth-order valence-electron chi connectivity index (χ4n) is 6.51. The number of benzene rings is 2. The number of hydrogen-bond donors (Lipinski definition) is 3. The van der Waals surface area contributed by atoms with E-state index in [2.05, 4.69) is 15.6 Å². The summed E-state index contributed by atoms with van der Waals surface area (Å²) in [5.41, 5.74) is 5.28. The van der Waals surface area contributed by atoms with E-state index in [0.717, 1.165) is 19.3 Å². The van der Waals surface area contributed by atoms with Crippen LogP contribution in [0.15, 0.2) is 53.4 Å². The van der Waals surface area contributed by atoms with Crippen LogP contribution in [0.5, 0.6) is 5.75 Å². The maximum atomic E-state index is 13.1. The molecule has 0 aliphatic heterocycles. The SMILES string of the molecule is CCOc1ccc(NS(=O)(=O)c2cccc(C(=O)NNC(=O)C34CC5CC(CC(C5)C3)C4)c2)cc1. The van der Waals surface area contributed by atoms with E-state index in [1.165, 1.54) is 43.5 Å². The molecule has 8 nitrogen and oxygen atoms in total. The van der Waals surface area contributed by atoms with E-state index >= 15 is 0 Å². The number of rotatable bonds is 7. The van der Waals surface area contributed by atoms with Gasteiger partial charge >= 0.3 is 0 Å². The van der Waals surface area contributed by atoms with Gasteiger partial charge in [0.15, 0.2) is 0 Å². The molecule has 4 fully saturated rings. The first-order valence-corrected chi connectivity index (χ1v) is 13.7. The quantitative estimate of drug-likeness (QED) is 0.503. The summed E-state index contributed by atoms with van der Waals surface area (Å²) in [6.45, 7) is 2.39. The number of hydrazine groups is 1. The molecule has 4 saturated carbocycles. The standard InChI is InChI=1S/C26H31N3O5S/c1-2-34-22-8-6-21(7-9-22)29-35(32,33)23-5-3-4-20(13-23)24(30)27-28-25(31)26-14-17-10-18(15-26)12-19(11-17)16-26/h3-9,13,17-19,29H,2,10-12,14-16H2,1H3,(H,27,30)(H,28,31). The van der Waals surface area contributed by atoms with Crippen LogP contribution in [0.3, 0.4) is 0 Å². The number of carbonyl (C=O) groups is 2. The molecule has 2 aromatic rings. The van der Waals surface area contributed by atoms with Gasteiger partial charge in [-0.2, -0.15) is 0 Å². The van der Waals surface area contributed by atoms with Gasteiger partial charge in [-0.1, -0.05) is 6.07 Å². The van der Waals surface area contributed by atoms with Gasteiger partial charge in [0.05, 0.1) is 16.9 Å². The minimum absolute atomic E-state index is 0.0496. The molecule has 9 heteroatoms. The van der Waals surface area contributed by atoms with Crippen molar-refractivity contribution < 1.29 is 22.7 Å². The van der Waals surface area contributed by atoms with Crippen LogP contribution in [-0.2, 0) is 14.8 Å². The minimum atomic E-state index is -3.91. The zero-order valence-electron chi connectivity index (χ0n) is 19.8. The lowest BCUT2D eigenvalue weighted by Gasteiger charge is -2.55. The Balaban J connectivity index is 1.23. The highest BCUT2D eigenvalue weighted by Crippen LogP contribution is 2.60. The lowest BCUT2D eigenvalue weighted by Crippen LogP contribution is -2.56. The Morgan fingerprint density at radius 2 is 1.57 bits per heavy atom. The fourth-order valence-corrected chi connectivity index (χ4v) is 7.62. The second-order valence-corrected chi connectivity index (χ2v) is 11.9. The third kappa shape index (κ3) is 4.87. The smallest absolute Gasteiger partial charge is 0.269 e. The van der Waals surface area contributed by atoms with Crippen LogP contribution in [0.1, 0.15) is 55.8 Å². The van der Waals surface area contributed by atoms with Crippen molar-refractivity contribution in [2.75, 3.05) is 11.3 Å². The Labute approximate surface area is 205 Å². The largest absolute Gasteiger partial charge is 0.494 e. The van der Waals surface area contributed by atoms with Crippen molar-refractivity contribution in [1.29, 1.82) is 0 Å². The van der Waals surface area contributed by atoms with Crippen LogP contribution < -0.4 is 20.3 Å². The Morgan fingerprint density at radius 1 is 0.943 bits per heavy atom. The molecule has 2 amide bonds. The second kappa shape index (κ2) is 9.18. The van der Waals surface area contributed by atoms with Crippen LogP contribution in [0.4, 0.5) is 5.69 Å². The van der Waals surface area contributed by atoms with Crippen molar-refractivity contribution in [1.82, 2.24) is 10.9 Å². The summed E-state index contributed by atoms with van der Waals surface area (Å²) in [5.74, 6) is 1.82. The molecule has 4 aliphatic rings. The Morgan fingerprint density at radius 3 is 2.17 bits per heavy atom. The molecular weight excluding hydrogens is 466 g/mol. The van der Waals surface area contributed by atoms with Gasteiger partial charge in [0, 0.05) is 11.3 Å². The molecule has 4 aliphatic carbocycles. The first-order valence-electron chi connectivity index (χ1n) is 12.2. The number of sulfonamides is 1. The number of ether oxygens (including phenoxy) is 1. The van der Waals surface area contributed by atoms with Crippen molar-refractivity contribution in [2.24, 2.45) is 23.2 Å².